The zero-order valence-corrected chi connectivity index (χ0v) is 14.0. The molecule has 1 saturated heterocycles. The van der Waals surface area contributed by atoms with E-state index in [-0.39, 0.29) is 18.5 Å². The van der Waals surface area contributed by atoms with Crippen LogP contribution in [0.25, 0.3) is 0 Å². The molecule has 2 aromatic rings. The number of aliphatic hydroxyl groups excluding tert-OH is 1. The minimum absolute atomic E-state index is 0.164. The Morgan fingerprint density at radius 2 is 2.04 bits per heavy atom. The van der Waals surface area contributed by atoms with Crippen molar-refractivity contribution in [2.24, 2.45) is 0 Å². The number of benzene rings is 1. The van der Waals surface area contributed by atoms with Crippen molar-refractivity contribution in [3.63, 3.8) is 0 Å². The number of anilines is 1. The van der Waals surface area contributed by atoms with Gasteiger partial charge in [-0.15, -0.1) is 0 Å². The molecule has 1 fully saturated rings. The second-order valence-corrected chi connectivity index (χ2v) is 6.16. The third kappa shape index (κ3) is 5.37. The largest absolute Gasteiger partial charge is 0.491 e. The van der Waals surface area contributed by atoms with Crippen LogP contribution in [0, 0.1) is 5.82 Å². The molecule has 0 radical (unpaired) electrons. The number of hydrogen-bond acceptors (Lipinski definition) is 6. The molecule has 0 aliphatic carbocycles. The van der Waals surface area contributed by atoms with E-state index < -0.39 is 6.10 Å². The van der Waals surface area contributed by atoms with E-state index in [0.717, 1.165) is 31.9 Å². The molecule has 6 nitrogen and oxygen atoms in total. The number of nitrogens with zero attached hydrogens (tertiary/aromatic N) is 3. The number of ether oxygens (including phenoxy) is 1. The number of hydrogen-bond donors (Lipinski definition) is 2. The topological polar surface area (TPSA) is 70.5 Å². The lowest BCUT2D eigenvalue weighted by atomic mass is 10.1. The first-order valence-electron chi connectivity index (χ1n) is 8.52. The summed E-state index contributed by atoms with van der Waals surface area (Å²) in [4.78, 5) is 10.7. The van der Waals surface area contributed by atoms with Crippen molar-refractivity contribution in [3.05, 3.63) is 48.5 Å². The van der Waals surface area contributed by atoms with Gasteiger partial charge in [0, 0.05) is 38.1 Å². The molecule has 2 unspecified atom stereocenters. The van der Waals surface area contributed by atoms with Crippen molar-refractivity contribution in [2.45, 2.75) is 25.0 Å². The van der Waals surface area contributed by atoms with Gasteiger partial charge >= 0.3 is 0 Å². The molecule has 1 aliphatic heterocycles. The highest BCUT2D eigenvalue weighted by Crippen LogP contribution is 2.15. The van der Waals surface area contributed by atoms with Gasteiger partial charge in [0.05, 0.1) is 0 Å². The van der Waals surface area contributed by atoms with Gasteiger partial charge in [0.2, 0.25) is 5.95 Å². The van der Waals surface area contributed by atoms with Crippen LogP contribution in [0.5, 0.6) is 5.75 Å². The Morgan fingerprint density at radius 1 is 1.28 bits per heavy atom. The Labute approximate surface area is 146 Å². The number of halogens is 1. The first-order valence-corrected chi connectivity index (χ1v) is 8.52. The summed E-state index contributed by atoms with van der Waals surface area (Å²) in [6.07, 6.45) is 4.96. The summed E-state index contributed by atoms with van der Waals surface area (Å²) in [6.45, 7) is 2.36. The number of aliphatic hydroxyl groups is 1. The summed E-state index contributed by atoms with van der Waals surface area (Å²) in [5.41, 5.74) is 0. The number of rotatable bonds is 7. The van der Waals surface area contributed by atoms with Crippen molar-refractivity contribution in [2.75, 3.05) is 31.1 Å². The van der Waals surface area contributed by atoms with Gasteiger partial charge in [0.25, 0.3) is 0 Å². The Kier molecular flexibility index (Phi) is 6.14. The minimum Gasteiger partial charge on any atom is -0.491 e. The molecule has 0 bridgehead atoms. The van der Waals surface area contributed by atoms with Gasteiger partial charge in [-0.25, -0.2) is 14.4 Å². The average Bonchev–Trinajstić information content (AvgIpc) is 2.67. The van der Waals surface area contributed by atoms with Gasteiger partial charge in [0.15, 0.2) is 0 Å². The molecule has 2 N–H and O–H groups in total. The van der Waals surface area contributed by atoms with Gasteiger partial charge in [-0.05, 0) is 43.2 Å². The maximum absolute atomic E-state index is 12.8. The molecular formula is C18H23FN4O2. The number of aromatic nitrogens is 2. The van der Waals surface area contributed by atoms with E-state index in [4.69, 9.17) is 4.74 Å². The van der Waals surface area contributed by atoms with Crippen LogP contribution in [-0.4, -0.2) is 53.5 Å². The molecule has 0 spiro atoms. The van der Waals surface area contributed by atoms with Crippen LogP contribution < -0.4 is 15.0 Å². The van der Waals surface area contributed by atoms with Crippen LogP contribution in [0.4, 0.5) is 10.3 Å². The van der Waals surface area contributed by atoms with Gasteiger partial charge in [-0.1, -0.05) is 0 Å². The van der Waals surface area contributed by atoms with E-state index in [2.05, 4.69) is 20.2 Å². The van der Waals surface area contributed by atoms with Gasteiger partial charge < -0.3 is 20.1 Å². The number of nitrogens with one attached hydrogen (secondary N) is 1. The second kappa shape index (κ2) is 8.73. The monoisotopic (exact) mass is 346 g/mol. The first kappa shape index (κ1) is 17.6. The molecule has 2 heterocycles. The highest BCUT2D eigenvalue weighted by Gasteiger charge is 2.21. The lowest BCUT2D eigenvalue weighted by Gasteiger charge is -2.33. The molecule has 25 heavy (non-hydrogen) atoms. The van der Waals surface area contributed by atoms with E-state index in [1.54, 1.807) is 30.6 Å². The lowest BCUT2D eigenvalue weighted by molar-refractivity contribution is 0.103. The highest BCUT2D eigenvalue weighted by atomic mass is 19.1. The molecule has 1 aromatic heterocycles. The zero-order chi connectivity index (χ0) is 17.5. The predicted molar refractivity (Wildman–Crippen MR) is 93.2 cm³/mol. The SMILES string of the molecule is OC(CNC1CCCN(c2ncccn2)C1)COc1ccc(F)cc1. The second-order valence-electron chi connectivity index (χ2n) is 6.16. The Morgan fingerprint density at radius 3 is 2.80 bits per heavy atom. The fourth-order valence-corrected chi connectivity index (χ4v) is 2.86. The van der Waals surface area contributed by atoms with Crippen molar-refractivity contribution >= 4 is 5.95 Å². The summed E-state index contributed by atoms with van der Waals surface area (Å²) in [7, 11) is 0. The average molecular weight is 346 g/mol. The Balaban J connectivity index is 1.40. The van der Waals surface area contributed by atoms with Crippen LogP contribution in [-0.2, 0) is 0 Å². The van der Waals surface area contributed by atoms with E-state index in [1.165, 1.54) is 12.1 Å². The third-order valence-corrected chi connectivity index (χ3v) is 4.15. The molecule has 0 amide bonds. The van der Waals surface area contributed by atoms with Crippen LogP contribution in [0.1, 0.15) is 12.8 Å². The van der Waals surface area contributed by atoms with E-state index in [1.807, 2.05) is 0 Å². The van der Waals surface area contributed by atoms with Crippen LogP contribution in [0.2, 0.25) is 0 Å². The molecule has 1 aromatic carbocycles. The highest BCUT2D eigenvalue weighted by molar-refractivity contribution is 5.29. The molecule has 3 rings (SSSR count). The summed E-state index contributed by atoms with van der Waals surface area (Å²) < 4.78 is 18.3. The van der Waals surface area contributed by atoms with Crippen LogP contribution in [0.15, 0.2) is 42.7 Å². The summed E-state index contributed by atoms with van der Waals surface area (Å²) in [5, 5.41) is 13.5. The number of piperidine rings is 1. The van der Waals surface area contributed by atoms with Crippen molar-refractivity contribution in [1.82, 2.24) is 15.3 Å². The maximum atomic E-state index is 12.8. The summed E-state index contributed by atoms with van der Waals surface area (Å²) >= 11 is 0. The van der Waals surface area contributed by atoms with Gasteiger partial charge in [-0.3, -0.25) is 0 Å². The third-order valence-electron chi connectivity index (χ3n) is 4.15. The first-order chi connectivity index (χ1) is 12.2. The fourth-order valence-electron chi connectivity index (χ4n) is 2.86. The summed E-state index contributed by atoms with van der Waals surface area (Å²) in [5.74, 6) is 0.985. The Bertz CT molecular complexity index is 641. The van der Waals surface area contributed by atoms with E-state index in [9.17, 15) is 9.50 Å². The fraction of sp³-hybridized carbons (Fsp3) is 0.444. The van der Waals surface area contributed by atoms with Crippen molar-refractivity contribution in [1.29, 1.82) is 0 Å². The minimum atomic E-state index is -0.631. The zero-order valence-electron chi connectivity index (χ0n) is 14.0. The maximum Gasteiger partial charge on any atom is 0.225 e. The van der Waals surface area contributed by atoms with Crippen LogP contribution >= 0.6 is 0 Å². The Hall–Kier alpha value is -2.25. The molecule has 7 heteroatoms. The van der Waals surface area contributed by atoms with E-state index >= 15 is 0 Å². The van der Waals surface area contributed by atoms with Crippen LogP contribution in [0.3, 0.4) is 0 Å². The van der Waals surface area contributed by atoms with Crippen molar-refractivity contribution < 1.29 is 14.2 Å². The molecule has 1 aliphatic rings. The van der Waals surface area contributed by atoms with Gasteiger partial charge in [-0.2, -0.15) is 0 Å². The smallest absolute Gasteiger partial charge is 0.225 e. The lowest BCUT2D eigenvalue weighted by Crippen LogP contribution is -2.48. The molecular weight excluding hydrogens is 323 g/mol. The molecule has 0 saturated carbocycles. The standard InChI is InChI=1S/C18H23FN4O2/c19-14-4-6-17(7-5-14)25-13-16(24)11-22-15-3-1-10-23(12-15)18-20-8-2-9-21-18/h2,4-9,15-16,22,24H,1,3,10-13H2. The normalized spacial score (nSPS) is 18.8. The molecule has 2 atom stereocenters. The van der Waals surface area contributed by atoms with Gasteiger partial charge in [0.1, 0.15) is 24.3 Å². The van der Waals surface area contributed by atoms with Crippen molar-refractivity contribution in [3.8, 4) is 5.75 Å². The van der Waals surface area contributed by atoms with E-state index in [0.29, 0.717) is 12.3 Å². The molecule has 134 valence electrons. The summed E-state index contributed by atoms with van der Waals surface area (Å²) in [6, 6.07) is 7.85. The quantitative estimate of drug-likeness (QED) is 0.794. The predicted octanol–water partition coefficient (Wildman–Crippen LogP) is 1.61.